The molecule has 1 N–H and O–H groups in total. The van der Waals surface area contributed by atoms with Gasteiger partial charge in [0.1, 0.15) is 5.78 Å². The van der Waals surface area contributed by atoms with Crippen molar-refractivity contribution in [2.45, 2.75) is 46.0 Å². The van der Waals surface area contributed by atoms with Gasteiger partial charge in [-0.2, -0.15) is 0 Å². The summed E-state index contributed by atoms with van der Waals surface area (Å²) in [5.74, 6) is 0.136. The Labute approximate surface area is 104 Å². The van der Waals surface area contributed by atoms with Gasteiger partial charge in [-0.05, 0) is 32.3 Å². The predicted molar refractivity (Wildman–Crippen MR) is 70.7 cm³/mol. The normalized spacial score (nSPS) is 11.8. The van der Waals surface area contributed by atoms with E-state index in [-0.39, 0.29) is 11.7 Å². The lowest BCUT2D eigenvalue weighted by molar-refractivity contribution is -0.117. The van der Waals surface area contributed by atoms with Crippen LogP contribution < -0.4 is 5.32 Å². The number of rotatable bonds is 8. The zero-order chi connectivity index (χ0) is 13.1. The van der Waals surface area contributed by atoms with Crippen molar-refractivity contribution in [1.82, 2.24) is 5.32 Å². The van der Waals surface area contributed by atoms with E-state index in [0.717, 1.165) is 25.7 Å². The second kappa shape index (κ2) is 9.82. The van der Waals surface area contributed by atoms with Gasteiger partial charge in [0.05, 0.1) is 0 Å². The van der Waals surface area contributed by atoms with Crippen LogP contribution in [0.4, 0.5) is 0 Å². The van der Waals surface area contributed by atoms with Crippen LogP contribution in [0.25, 0.3) is 0 Å². The van der Waals surface area contributed by atoms with E-state index in [1.54, 1.807) is 14.0 Å². The molecule has 3 heteroatoms. The Morgan fingerprint density at radius 1 is 1.24 bits per heavy atom. The number of amides is 1. The van der Waals surface area contributed by atoms with E-state index in [1.165, 1.54) is 11.6 Å². The molecule has 0 aliphatic rings. The first-order valence-corrected chi connectivity index (χ1v) is 6.15. The van der Waals surface area contributed by atoms with Crippen molar-refractivity contribution in [1.29, 1.82) is 0 Å². The number of allylic oxidation sites excluding steroid dienone is 3. The summed E-state index contributed by atoms with van der Waals surface area (Å²) >= 11 is 0. The summed E-state index contributed by atoms with van der Waals surface area (Å²) in [5, 5.41) is 2.53. The molecular weight excluding hydrogens is 214 g/mol. The van der Waals surface area contributed by atoms with Crippen molar-refractivity contribution in [2.75, 3.05) is 7.05 Å². The molecule has 1 amide bonds. The highest BCUT2D eigenvalue weighted by Crippen LogP contribution is 2.12. The average molecular weight is 237 g/mol. The number of hydrogen-bond donors (Lipinski definition) is 1. The first kappa shape index (κ1) is 15.6. The predicted octanol–water partition coefficient (Wildman–Crippen LogP) is 2.77. The van der Waals surface area contributed by atoms with Crippen LogP contribution in [0.5, 0.6) is 0 Å². The molecule has 96 valence electrons. The molecular formula is C14H23NO2. The number of unbranched alkanes of at least 4 members (excludes halogenated alkanes) is 1. The second-order valence-corrected chi connectivity index (χ2v) is 4.09. The Morgan fingerprint density at radius 3 is 2.47 bits per heavy atom. The molecule has 0 saturated carbocycles. The number of Topliss-reactive ketones (excluding diaryl/α,β-unsaturated/α-hetero) is 1. The fourth-order valence-corrected chi connectivity index (χ4v) is 1.56. The van der Waals surface area contributed by atoms with Crippen molar-refractivity contribution in [3.63, 3.8) is 0 Å². The van der Waals surface area contributed by atoms with E-state index < -0.39 is 0 Å². The maximum Gasteiger partial charge on any atom is 0.243 e. The highest BCUT2D eigenvalue weighted by molar-refractivity contribution is 5.87. The monoisotopic (exact) mass is 237 g/mol. The summed E-state index contributed by atoms with van der Waals surface area (Å²) in [4.78, 5) is 21.9. The zero-order valence-corrected chi connectivity index (χ0v) is 11.1. The van der Waals surface area contributed by atoms with Crippen molar-refractivity contribution in [3.8, 4) is 0 Å². The van der Waals surface area contributed by atoms with Crippen LogP contribution in [-0.4, -0.2) is 18.7 Å². The van der Waals surface area contributed by atoms with Gasteiger partial charge in [-0.1, -0.05) is 31.1 Å². The van der Waals surface area contributed by atoms with Crippen LogP contribution in [0.1, 0.15) is 46.0 Å². The molecule has 0 unspecified atom stereocenters. The Morgan fingerprint density at radius 2 is 1.94 bits per heavy atom. The van der Waals surface area contributed by atoms with Gasteiger partial charge in [0.15, 0.2) is 0 Å². The molecule has 0 aromatic rings. The van der Waals surface area contributed by atoms with Crippen molar-refractivity contribution in [3.05, 3.63) is 23.8 Å². The summed E-state index contributed by atoms with van der Waals surface area (Å²) in [6.45, 7) is 3.73. The molecule has 0 atom stereocenters. The summed E-state index contributed by atoms with van der Waals surface area (Å²) in [6, 6.07) is 0. The molecule has 0 bridgehead atoms. The van der Waals surface area contributed by atoms with Crippen LogP contribution in [0.15, 0.2) is 23.8 Å². The lowest BCUT2D eigenvalue weighted by Gasteiger charge is -2.02. The highest BCUT2D eigenvalue weighted by atomic mass is 16.1. The van der Waals surface area contributed by atoms with Crippen LogP contribution in [0.3, 0.4) is 0 Å². The smallest absolute Gasteiger partial charge is 0.243 e. The van der Waals surface area contributed by atoms with Crippen molar-refractivity contribution < 1.29 is 9.59 Å². The molecule has 0 aliphatic carbocycles. The number of carbonyl (C=O) groups is 2. The molecule has 0 aliphatic heterocycles. The van der Waals surface area contributed by atoms with E-state index in [0.29, 0.717) is 6.42 Å². The van der Waals surface area contributed by atoms with Gasteiger partial charge >= 0.3 is 0 Å². The first-order valence-electron chi connectivity index (χ1n) is 6.15. The molecule has 0 rings (SSSR count). The van der Waals surface area contributed by atoms with Crippen LogP contribution in [-0.2, 0) is 9.59 Å². The van der Waals surface area contributed by atoms with Gasteiger partial charge in [0.2, 0.25) is 5.91 Å². The molecule has 0 aromatic carbocycles. The third-order valence-corrected chi connectivity index (χ3v) is 2.33. The number of nitrogens with one attached hydrogen (secondary N) is 1. The van der Waals surface area contributed by atoms with Gasteiger partial charge in [0, 0.05) is 13.5 Å². The molecule has 0 aromatic heterocycles. The second-order valence-electron chi connectivity index (χ2n) is 4.09. The number of likely N-dealkylation sites (N-methyl/N-ethyl adjacent to an activating group) is 1. The molecule has 0 radical (unpaired) electrons. The molecule has 0 saturated heterocycles. The standard InChI is InChI=1S/C14H23NO2/c1-4-8-13(11-12(2)16)9-6-5-7-10-14(17)15-3/h7,9-10H,4-6,8,11H2,1-3H3,(H,15,17)/b10-7+,13-9+. The number of ketones is 1. The molecule has 0 heterocycles. The Bertz CT molecular complexity index is 303. The van der Waals surface area contributed by atoms with Gasteiger partial charge in [-0.3, -0.25) is 9.59 Å². The van der Waals surface area contributed by atoms with Gasteiger partial charge < -0.3 is 5.32 Å². The minimum atomic E-state index is -0.0773. The summed E-state index contributed by atoms with van der Waals surface area (Å²) in [5.41, 5.74) is 1.22. The molecule has 3 nitrogen and oxygen atoms in total. The van der Waals surface area contributed by atoms with Crippen LogP contribution in [0, 0.1) is 0 Å². The lowest BCUT2D eigenvalue weighted by Crippen LogP contribution is -2.13. The molecule has 17 heavy (non-hydrogen) atoms. The maximum absolute atomic E-state index is 11.0. The van der Waals surface area contributed by atoms with Crippen molar-refractivity contribution in [2.24, 2.45) is 0 Å². The first-order chi connectivity index (χ1) is 8.10. The van der Waals surface area contributed by atoms with Crippen LogP contribution >= 0.6 is 0 Å². The molecule has 0 spiro atoms. The Balaban J connectivity index is 4.03. The minimum absolute atomic E-state index is 0.0773. The third-order valence-electron chi connectivity index (χ3n) is 2.33. The molecule has 0 fully saturated rings. The minimum Gasteiger partial charge on any atom is -0.356 e. The quantitative estimate of drug-likeness (QED) is 0.401. The zero-order valence-electron chi connectivity index (χ0n) is 11.1. The van der Waals surface area contributed by atoms with E-state index >= 15 is 0 Å². The van der Waals surface area contributed by atoms with E-state index in [9.17, 15) is 9.59 Å². The van der Waals surface area contributed by atoms with E-state index in [1.807, 2.05) is 6.08 Å². The van der Waals surface area contributed by atoms with E-state index in [4.69, 9.17) is 0 Å². The fourth-order valence-electron chi connectivity index (χ4n) is 1.56. The highest BCUT2D eigenvalue weighted by Gasteiger charge is 1.99. The third kappa shape index (κ3) is 9.54. The topological polar surface area (TPSA) is 46.2 Å². The average Bonchev–Trinajstić information content (AvgIpc) is 2.27. The Hall–Kier alpha value is -1.38. The Kier molecular flexibility index (Phi) is 9.02. The number of hydrogen-bond acceptors (Lipinski definition) is 2. The summed E-state index contributed by atoms with van der Waals surface area (Å²) in [7, 11) is 1.61. The van der Waals surface area contributed by atoms with Crippen LogP contribution in [0.2, 0.25) is 0 Å². The maximum atomic E-state index is 11.0. The largest absolute Gasteiger partial charge is 0.356 e. The summed E-state index contributed by atoms with van der Waals surface area (Å²) in [6.07, 6.45) is 9.84. The number of carbonyl (C=O) groups excluding carboxylic acids is 2. The van der Waals surface area contributed by atoms with Gasteiger partial charge in [-0.15, -0.1) is 0 Å². The summed E-state index contributed by atoms with van der Waals surface area (Å²) < 4.78 is 0. The van der Waals surface area contributed by atoms with Gasteiger partial charge in [-0.25, -0.2) is 0 Å². The SMILES string of the molecule is CCC/C(=C\CC/C=C/C(=O)NC)CC(C)=O. The fraction of sp³-hybridized carbons (Fsp3) is 0.571. The lowest BCUT2D eigenvalue weighted by atomic mass is 10.0. The van der Waals surface area contributed by atoms with Crippen molar-refractivity contribution >= 4 is 11.7 Å². The van der Waals surface area contributed by atoms with Gasteiger partial charge in [0.25, 0.3) is 0 Å². The van der Waals surface area contributed by atoms with E-state index in [2.05, 4.69) is 18.3 Å².